The van der Waals surface area contributed by atoms with E-state index in [0.717, 1.165) is 11.9 Å². The van der Waals surface area contributed by atoms with E-state index in [4.69, 9.17) is 0 Å². The summed E-state index contributed by atoms with van der Waals surface area (Å²) in [5, 5.41) is 14.3. The van der Waals surface area contributed by atoms with E-state index in [9.17, 15) is 14.4 Å². The molecule has 2 amide bonds. The van der Waals surface area contributed by atoms with Crippen molar-refractivity contribution in [2.45, 2.75) is 19.9 Å². The Labute approximate surface area is 203 Å². The van der Waals surface area contributed by atoms with E-state index in [-0.39, 0.29) is 17.4 Å². The maximum atomic E-state index is 13.3. The molecule has 3 N–H and O–H groups in total. The number of nitrogens with one attached hydrogen (secondary N) is 3. The molecule has 182 valence electrons. The third-order valence-electron chi connectivity index (χ3n) is 5.94. The minimum absolute atomic E-state index is 0.142. The Bertz CT molecular complexity index is 1420. The first-order chi connectivity index (χ1) is 16.9. The molecule has 0 atom stereocenters. The topological polar surface area (TPSA) is 112 Å². The highest BCUT2D eigenvalue weighted by Crippen LogP contribution is 2.24. The molecule has 9 heteroatoms. The average Bonchev–Trinajstić information content (AvgIpc) is 3.25. The Kier molecular flexibility index (Phi) is 7.26. The third kappa shape index (κ3) is 5.25. The van der Waals surface area contributed by atoms with Gasteiger partial charge in [0, 0.05) is 48.4 Å². The molecule has 0 aliphatic rings. The third-order valence-corrected chi connectivity index (χ3v) is 5.94. The molecule has 2 aromatic heterocycles. The van der Waals surface area contributed by atoms with Crippen LogP contribution in [0.3, 0.4) is 0 Å². The fourth-order valence-electron chi connectivity index (χ4n) is 4.08. The summed E-state index contributed by atoms with van der Waals surface area (Å²) < 4.78 is 1.70. The van der Waals surface area contributed by atoms with Crippen molar-refractivity contribution in [3.63, 3.8) is 0 Å². The van der Waals surface area contributed by atoms with Gasteiger partial charge in [0.1, 0.15) is 5.52 Å². The lowest BCUT2D eigenvalue weighted by molar-refractivity contribution is 0.0944. The summed E-state index contributed by atoms with van der Waals surface area (Å²) >= 11 is 0. The Morgan fingerprint density at radius 3 is 2.46 bits per heavy atom. The first kappa shape index (κ1) is 24.2. The predicted octanol–water partition coefficient (Wildman–Crippen LogP) is 2.30. The second kappa shape index (κ2) is 10.5. The highest BCUT2D eigenvalue weighted by molar-refractivity contribution is 6.07. The standard InChI is InChI=1S/C26H30N6O3/c1-17-22-23(30-29-17)20-16-19(25(34)28-13-15-31(2)3)10-11-21(20)32(26(22)35)14-7-12-27-24(33)18-8-5-4-6-9-18/h4-6,8-11,16H,7,12-15H2,1-3H3,(H,27,33)(H,28,34)(H,29,30). The van der Waals surface area contributed by atoms with E-state index >= 15 is 0 Å². The lowest BCUT2D eigenvalue weighted by atomic mass is 10.1. The number of carbonyl (C=O) groups excluding carboxylic acids is 2. The van der Waals surface area contributed by atoms with E-state index in [1.807, 2.05) is 44.1 Å². The zero-order valence-corrected chi connectivity index (χ0v) is 20.2. The van der Waals surface area contributed by atoms with E-state index in [2.05, 4.69) is 20.8 Å². The van der Waals surface area contributed by atoms with Crippen LogP contribution in [0.4, 0.5) is 0 Å². The molecule has 4 rings (SSSR count). The number of benzene rings is 2. The number of aryl methyl sites for hydroxylation is 2. The Morgan fingerprint density at radius 2 is 1.71 bits per heavy atom. The van der Waals surface area contributed by atoms with Gasteiger partial charge in [-0.1, -0.05) is 18.2 Å². The zero-order valence-electron chi connectivity index (χ0n) is 20.2. The van der Waals surface area contributed by atoms with Crippen LogP contribution < -0.4 is 16.2 Å². The number of aromatic amines is 1. The van der Waals surface area contributed by atoms with Crippen molar-refractivity contribution in [1.29, 1.82) is 0 Å². The first-order valence-electron chi connectivity index (χ1n) is 11.6. The van der Waals surface area contributed by atoms with Crippen molar-refractivity contribution in [3.8, 4) is 0 Å². The molecule has 0 aliphatic carbocycles. The molecule has 2 heterocycles. The Morgan fingerprint density at radius 1 is 1.00 bits per heavy atom. The maximum Gasteiger partial charge on any atom is 0.262 e. The number of fused-ring (bicyclic) bond motifs is 3. The van der Waals surface area contributed by atoms with Gasteiger partial charge >= 0.3 is 0 Å². The van der Waals surface area contributed by atoms with Crippen molar-refractivity contribution in [2.75, 3.05) is 33.7 Å². The summed E-state index contributed by atoms with van der Waals surface area (Å²) in [6.07, 6.45) is 0.572. The van der Waals surface area contributed by atoms with Crippen LogP contribution in [0.1, 0.15) is 32.8 Å². The highest BCUT2D eigenvalue weighted by Gasteiger charge is 2.17. The molecule has 0 saturated carbocycles. The van der Waals surface area contributed by atoms with Crippen molar-refractivity contribution in [2.24, 2.45) is 0 Å². The van der Waals surface area contributed by atoms with Gasteiger partial charge < -0.3 is 20.1 Å². The van der Waals surface area contributed by atoms with E-state index in [1.54, 1.807) is 34.9 Å². The molecule has 0 aliphatic heterocycles. The SMILES string of the molecule is Cc1[nH]nc2c1c(=O)n(CCCNC(=O)c1ccccc1)c1ccc(C(=O)NCCN(C)C)cc21. The Hall–Kier alpha value is -3.98. The molecule has 2 aromatic carbocycles. The molecule has 0 unspecified atom stereocenters. The zero-order chi connectivity index (χ0) is 24.9. The van der Waals surface area contributed by atoms with E-state index < -0.39 is 0 Å². The maximum absolute atomic E-state index is 13.3. The summed E-state index contributed by atoms with van der Waals surface area (Å²) in [5.74, 6) is -0.315. The van der Waals surface area contributed by atoms with Crippen LogP contribution in [-0.2, 0) is 6.54 Å². The average molecular weight is 475 g/mol. The second-order valence-electron chi connectivity index (χ2n) is 8.80. The van der Waals surface area contributed by atoms with Gasteiger partial charge in [0.15, 0.2) is 0 Å². The molecular formula is C26H30N6O3. The molecule has 0 bridgehead atoms. The van der Waals surface area contributed by atoms with Crippen LogP contribution in [0.25, 0.3) is 21.8 Å². The lowest BCUT2D eigenvalue weighted by Gasteiger charge is -2.14. The van der Waals surface area contributed by atoms with Crippen molar-refractivity contribution >= 4 is 33.6 Å². The van der Waals surface area contributed by atoms with Crippen LogP contribution in [0.2, 0.25) is 0 Å². The number of pyridine rings is 1. The predicted molar refractivity (Wildman–Crippen MR) is 137 cm³/mol. The minimum Gasteiger partial charge on any atom is -0.352 e. The van der Waals surface area contributed by atoms with Gasteiger partial charge in [0.05, 0.1) is 10.9 Å². The molecule has 0 saturated heterocycles. The lowest BCUT2D eigenvalue weighted by Crippen LogP contribution is -2.31. The van der Waals surface area contributed by atoms with Gasteiger partial charge in [-0.2, -0.15) is 5.10 Å². The minimum atomic E-state index is -0.171. The molecule has 0 spiro atoms. The monoisotopic (exact) mass is 474 g/mol. The number of hydrogen-bond donors (Lipinski definition) is 3. The van der Waals surface area contributed by atoms with Crippen LogP contribution in [0.5, 0.6) is 0 Å². The fourth-order valence-corrected chi connectivity index (χ4v) is 4.08. The van der Waals surface area contributed by atoms with Gasteiger partial charge in [-0.15, -0.1) is 0 Å². The number of nitrogens with zero attached hydrogens (tertiary/aromatic N) is 3. The van der Waals surface area contributed by atoms with Crippen LogP contribution in [0.15, 0.2) is 53.3 Å². The molecule has 35 heavy (non-hydrogen) atoms. The molecule has 0 fully saturated rings. The number of amides is 2. The first-order valence-corrected chi connectivity index (χ1v) is 11.6. The second-order valence-corrected chi connectivity index (χ2v) is 8.80. The molecule has 0 radical (unpaired) electrons. The number of carbonyl (C=O) groups is 2. The Balaban J connectivity index is 1.58. The number of aromatic nitrogens is 3. The normalized spacial score (nSPS) is 11.3. The fraction of sp³-hybridized carbons (Fsp3) is 0.308. The summed E-state index contributed by atoms with van der Waals surface area (Å²) in [6, 6.07) is 14.3. The number of H-pyrrole nitrogens is 1. The van der Waals surface area contributed by atoms with Gasteiger partial charge in [-0.3, -0.25) is 19.5 Å². The van der Waals surface area contributed by atoms with Crippen molar-refractivity contribution in [3.05, 3.63) is 75.7 Å². The van der Waals surface area contributed by atoms with Gasteiger partial charge in [0.2, 0.25) is 0 Å². The van der Waals surface area contributed by atoms with Gasteiger partial charge in [-0.25, -0.2) is 0 Å². The molecule has 4 aromatic rings. The van der Waals surface area contributed by atoms with Crippen LogP contribution in [0, 0.1) is 6.92 Å². The quantitative estimate of drug-likeness (QED) is 0.322. The smallest absolute Gasteiger partial charge is 0.262 e. The summed E-state index contributed by atoms with van der Waals surface area (Å²) in [7, 11) is 3.90. The summed E-state index contributed by atoms with van der Waals surface area (Å²) in [6.45, 7) is 3.93. The molecule has 9 nitrogen and oxygen atoms in total. The summed E-state index contributed by atoms with van der Waals surface area (Å²) in [4.78, 5) is 40.3. The van der Waals surface area contributed by atoms with Crippen LogP contribution >= 0.6 is 0 Å². The van der Waals surface area contributed by atoms with E-state index in [1.165, 1.54) is 0 Å². The number of hydrogen-bond acceptors (Lipinski definition) is 5. The summed E-state index contributed by atoms with van der Waals surface area (Å²) in [5.41, 5.74) is 2.91. The molecular weight excluding hydrogens is 444 g/mol. The number of likely N-dealkylation sites (N-methyl/N-ethyl adjacent to an activating group) is 1. The highest BCUT2D eigenvalue weighted by atomic mass is 16.2. The van der Waals surface area contributed by atoms with Gasteiger partial charge in [0.25, 0.3) is 17.4 Å². The number of rotatable bonds is 9. The van der Waals surface area contributed by atoms with E-state index in [0.29, 0.717) is 59.3 Å². The largest absolute Gasteiger partial charge is 0.352 e. The van der Waals surface area contributed by atoms with Crippen molar-refractivity contribution in [1.82, 2.24) is 30.3 Å². The van der Waals surface area contributed by atoms with Crippen LogP contribution in [-0.4, -0.2) is 65.2 Å². The van der Waals surface area contributed by atoms with Crippen molar-refractivity contribution < 1.29 is 9.59 Å². The van der Waals surface area contributed by atoms with Gasteiger partial charge in [-0.05, 0) is 57.8 Å².